The van der Waals surface area contributed by atoms with Crippen LogP contribution in [0.25, 0.3) is 10.7 Å². The van der Waals surface area contributed by atoms with Crippen LogP contribution in [0, 0.1) is 0 Å². The van der Waals surface area contributed by atoms with Crippen molar-refractivity contribution in [3.8, 4) is 10.7 Å². The molecule has 2 heterocycles. The molecule has 0 fully saturated rings. The molecule has 0 spiro atoms. The molecular weight excluding hydrogens is 384 g/mol. The molecule has 1 amide bonds. The van der Waals surface area contributed by atoms with Crippen molar-refractivity contribution in [1.29, 1.82) is 0 Å². The molecule has 0 aliphatic heterocycles. The summed E-state index contributed by atoms with van der Waals surface area (Å²) in [5.41, 5.74) is 0.821. The first-order valence-corrected chi connectivity index (χ1v) is 10.7. The Labute approximate surface area is 164 Å². The minimum absolute atomic E-state index is 0.0673. The lowest BCUT2D eigenvalue weighted by Gasteiger charge is -2.09. The number of thiophene rings is 1. The largest absolute Gasteiger partial charge is 0.324 e. The van der Waals surface area contributed by atoms with Gasteiger partial charge in [-0.1, -0.05) is 36.0 Å². The van der Waals surface area contributed by atoms with Crippen LogP contribution in [-0.4, -0.2) is 32.2 Å². The van der Waals surface area contributed by atoms with Crippen molar-refractivity contribution >= 4 is 46.5 Å². The first kappa shape index (κ1) is 18.8. The van der Waals surface area contributed by atoms with E-state index >= 15 is 0 Å². The predicted molar refractivity (Wildman–Crippen MR) is 111 cm³/mol. The molecule has 0 saturated carbocycles. The van der Waals surface area contributed by atoms with Gasteiger partial charge in [0.25, 0.3) is 0 Å². The summed E-state index contributed by atoms with van der Waals surface area (Å²) in [6.07, 6.45) is 1.85. The summed E-state index contributed by atoms with van der Waals surface area (Å²) in [6.45, 7) is 3.73. The smallest absolute Gasteiger partial charge is 0.234 e. The van der Waals surface area contributed by atoms with Crippen molar-refractivity contribution < 1.29 is 4.79 Å². The fourth-order valence-corrected chi connectivity index (χ4v) is 4.42. The number of hydrogen-bond acceptors (Lipinski definition) is 6. The molecular formula is C18H18N4OS3. The highest BCUT2D eigenvalue weighted by molar-refractivity contribution is 8.00. The van der Waals surface area contributed by atoms with Crippen LogP contribution in [0.15, 0.2) is 64.5 Å². The Morgan fingerprint density at radius 3 is 2.88 bits per heavy atom. The molecule has 5 nitrogen and oxygen atoms in total. The second-order valence-electron chi connectivity index (χ2n) is 5.28. The molecule has 26 heavy (non-hydrogen) atoms. The van der Waals surface area contributed by atoms with Gasteiger partial charge in [0.15, 0.2) is 11.0 Å². The molecule has 0 radical (unpaired) electrons. The first-order chi connectivity index (χ1) is 12.7. The van der Waals surface area contributed by atoms with Gasteiger partial charge in [-0.05, 0) is 23.6 Å². The summed E-state index contributed by atoms with van der Waals surface area (Å²) < 4.78 is 1.91. The molecule has 0 atom stereocenters. The maximum absolute atomic E-state index is 12.3. The van der Waals surface area contributed by atoms with E-state index in [0.29, 0.717) is 0 Å². The highest BCUT2D eigenvalue weighted by Gasteiger charge is 2.14. The molecule has 1 N–H and O–H groups in total. The third-order valence-corrected chi connectivity index (χ3v) is 6.38. The second kappa shape index (κ2) is 9.07. The summed E-state index contributed by atoms with van der Waals surface area (Å²) >= 11 is 4.63. The molecule has 0 saturated heterocycles. The van der Waals surface area contributed by atoms with Gasteiger partial charge in [-0.3, -0.25) is 4.79 Å². The van der Waals surface area contributed by atoms with Crippen LogP contribution >= 0.6 is 34.9 Å². The Morgan fingerprint density at radius 2 is 2.12 bits per heavy atom. The molecule has 134 valence electrons. The normalized spacial score (nSPS) is 10.7. The van der Waals surface area contributed by atoms with E-state index in [4.69, 9.17) is 0 Å². The Kier molecular flexibility index (Phi) is 6.54. The lowest BCUT2D eigenvalue weighted by Crippen LogP contribution is -2.15. The number of amides is 1. The van der Waals surface area contributed by atoms with Gasteiger partial charge < -0.3 is 9.88 Å². The molecule has 1 aromatic carbocycles. The van der Waals surface area contributed by atoms with E-state index in [1.807, 2.05) is 59.5 Å². The van der Waals surface area contributed by atoms with E-state index in [0.717, 1.165) is 32.2 Å². The number of thioether (sulfide) groups is 2. The average molecular weight is 403 g/mol. The van der Waals surface area contributed by atoms with Crippen LogP contribution in [0.2, 0.25) is 0 Å². The number of anilines is 1. The Balaban J connectivity index is 1.61. The summed E-state index contributed by atoms with van der Waals surface area (Å²) in [4.78, 5) is 14.4. The molecule has 2 aromatic heterocycles. The van der Waals surface area contributed by atoms with Crippen LogP contribution in [0.5, 0.6) is 0 Å². The van der Waals surface area contributed by atoms with Crippen LogP contribution in [0.1, 0.15) is 0 Å². The first-order valence-electron chi connectivity index (χ1n) is 7.87. The predicted octanol–water partition coefficient (Wildman–Crippen LogP) is 4.55. The third kappa shape index (κ3) is 4.57. The number of nitrogens with one attached hydrogen (secondary N) is 1. The van der Waals surface area contributed by atoms with E-state index in [1.54, 1.807) is 23.1 Å². The second-order valence-corrected chi connectivity index (χ2v) is 8.23. The van der Waals surface area contributed by atoms with E-state index in [9.17, 15) is 4.79 Å². The van der Waals surface area contributed by atoms with E-state index in [2.05, 4.69) is 22.1 Å². The number of carbonyl (C=O) groups excluding carboxylic acids is 1. The molecule has 8 heteroatoms. The molecule has 0 unspecified atom stereocenters. The zero-order valence-electron chi connectivity index (χ0n) is 14.2. The van der Waals surface area contributed by atoms with Crippen LogP contribution in [0.4, 0.5) is 5.69 Å². The average Bonchev–Trinajstić information content (AvgIpc) is 3.29. The highest BCUT2D eigenvalue weighted by Crippen LogP contribution is 2.28. The highest BCUT2D eigenvalue weighted by atomic mass is 32.2. The van der Waals surface area contributed by atoms with Gasteiger partial charge in [-0.2, -0.15) is 0 Å². The zero-order valence-corrected chi connectivity index (χ0v) is 16.7. The van der Waals surface area contributed by atoms with Crippen molar-refractivity contribution in [2.24, 2.45) is 7.05 Å². The van der Waals surface area contributed by atoms with Crippen LogP contribution < -0.4 is 5.32 Å². The van der Waals surface area contributed by atoms with Crippen molar-refractivity contribution in [3.63, 3.8) is 0 Å². The van der Waals surface area contributed by atoms with Gasteiger partial charge in [-0.15, -0.1) is 39.9 Å². The van der Waals surface area contributed by atoms with Crippen LogP contribution in [0.3, 0.4) is 0 Å². The zero-order chi connectivity index (χ0) is 18.4. The maximum atomic E-state index is 12.3. The van der Waals surface area contributed by atoms with Gasteiger partial charge in [0, 0.05) is 17.7 Å². The van der Waals surface area contributed by atoms with E-state index in [-0.39, 0.29) is 11.7 Å². The fraction of sp³-hybridized carbons (Fsp3) is 0.167. The van der Waals surface area contributed by atoms with E-state index in [1.165, 1.54) is 11.8 Å². The standard InChI is InChI=1S/C18H18N4OS3/c1-3-10-24-14-8-5-4-7-13(14)19-16(23)12-26-18-21-20-17(22(18)2)15-9-6-11-25-15/h3-9,11H,1,10,12H2,2H3,(H,19,23). The van der Waals surface area contributed by atoms with Gasteiger partial charge >= 0.3 is 0 Å². The summed E-state index contributed by atoms with van der Waals surface area (Å²) in [5, 5.41) is 14.1. The Bertz CT molecular complexity index is 890. The SMILES string of the molecule is C=CCSc1ccccc1NC(=O)CSc1nnc(-c2cccs2)n1C. The van der Waals surface area contributed by atoms with Crippen molar-refractivity contribution in [1.82, 2.24) is 14.8 Å². The van der Waals surface area contributed by atoms with Gasteiger partial charge in [0.05, 0.1) is 16.3 Å². The number of benzene rings is 1. The Hall–Kier alpha value is -2.03. The maximum Gasteiger partial charge on any atom is 0.234 e. The molecule has 0 aliphatic carbocycles. The minimum atomic E-state index is -0.0673. The van der Waals surface area contributed by atoms with Gasteiger partial charge in [0.2, 0.25) is 5.91 Å². The minimum Gasteiger partial charge on any atom is -0.324 e. The lowest BCUT2D eigenvalue weighted by atomic mass is 10.3. The van der Waals surface area contributed by atoms with Crippen LogP contribution in [-0.2, 0) is 11.8 Å². The molecule has 3 rings (SSSR count). The van der Waals surface area contributed by atoms with Crippen molar-refractivity contribution in [2.45, 2.75) is 10.1 Å². The summed E-state index contributed by atoms with van der Waals surface area (Å²) in [5.74, 6) is 1.82. The van der Waals surface area contributed by atoms with E-state index < -0.39 is 0 Å². The van der Waals surface area contributed by atoms with Crippen molar-refractivity contribution in [3.05, 3.63) is 54.4 Å². The van der Waals surface area contributed by atoms with Gasteiger partial charge in [0.1, 0.15) is 0 Å². The number of rotatable bonds is 8. The molecule has 0 aliphatic rings. The lowest BCUT2D eigenvalue weighted by molar-refractivity contribution is -0.113. The number of carbonyl (C=O) groups is 1. The molecule has 3 aromatic rings. The third-order valence-electron chi connectivity index (χ3n) is 3.43. The number of nitrogens with zero attached hydrogens (tertiary/aromatic N) is 3. The fourth-order valence-electron chi connectivity index (χ4n) is 2.22. The number of hydrogen-bond donors (Lipinski definition) is 1. The number of para-hydroxylation sites is 1. The van der Waals surface area contributed by atoms with Gasteiger partial charge in [-0.25, -0.2) is 0 Å². The summed E-state index contributed by atoms with van der Waals surface area (Å²) in [6, 6.07) is 11.8. The topological polar surface area (TPSA) is 59.8 Å². The Morgan fingerprint density at radius 1 is 1.27 bits per heavy atom. The van der Waals surface area contributed by atoms with Crippen molar-refractivity contribution in [2.75, 3.05) is 16.8 Å². The number of aromatic nitrogens is 3. The monoisotopic (exact) mass is 402 g/mol. The quantitative estimate of drug-likeness (QED) is 0.442. The molecule has 0 bridgehead atoms. The summed E-state index contributed by atoms with van der Waals surface area (Å²) in [7, 11) is 1.91.